The fraction of sp³-hybridized carbons (Fsp3) is 0.950. The van der Waals surface area contributed by atoms with Gasteiger partial charge in [0, 0.05) is 6.92 Å². The first kappa shape index (κ1) is 29.5. The third-order valence-electron chi connectivity index (χ3n) is 6.46. The number of ether oxygens (including phenoxy) is 5. The minimum absolute atomic E-state index is 0.639. The van der Waals surface area contributed by atoms with Crippen molar-refractivity contribution in [2.24, 2.45) is 0 Å². The molecule has 16 heteroatoms. The van der Waals surface area contributed by atoms with Crippen molar-refractivity contribution >= 4 is 5.91 Å². The number of amides is 1. The molecule has 0 aromatic rings. The summed E-state index contributed by atoms with van der Waals surface area (Å²) in [4.78, 5) is 11.7. The van der Waals surface area contributed by atoms with Gasteiger partial charge in [-0.1, -0.05) is 0 Å². The molecule has 1 amide bonds. The average Bonchev–Trinajstić information content (AvgIpc) is 2.84. The van der Waals surface area contributed by atoms with E-state index in [1.807, 2.05) is 0 Å². The van der Waals surface area contributed by atoms with E-state index in [9.17, 15) is 50.8 Å². The SMILES string of the molecule is CC(=O)N[C@H]1[C@@H](O[C@H]2[C@@H](O)[C@@H](CO)O[C@H](O)[C@@H]2O[C@@H]2O[C@@H](C)[C@@H](O)[C@@H](O)[C@@H]2O)O[C@H](CO)[C@H](O)[C@@H]1O. The van der Waals surface area contributed by atoms with Gasteiger partial charge in [0.25, 0.3) is 0 Å². The van der Waals surface area contributed by atoms with Gasteiger partial charge in [-0.15, -0.1) is 0 Å². The Kier molecular flexibility index (Phi) is 9.97. The molecule has 0 bridgehead atoms. The van der Waals surface area contributed by atoms with Gasteiger partial charge in [-0.25, -0.2) is 0 Å². The van der Waals surface area contributed by atoms with Crippen LogP contribution in [-0.2, 0) is 28.5 Å². The molecule has 3 aliphatic rings. The van der Waals surface area contributed by atoms with E-state index in [1.165, 1.54) is 6.92 Å². The maximum absolute atomic E-state index is 11.7. The molecule has 0 spiro atoms. The number of hydrogen-bond donors (Lipinski definition) is 10. The lowest BCUT2D eigenvalue weighted by atomic mass is 9.95. The molecular weight excluding hydrogens is 494 g/mol. The zero-order chi connectivity index (χ0) is 26.9. The highest BCUT2D eigenvalue weighted by molar-refractivity contribution is 5.73. The average molecular weight is 529 g/mol. The van der Waals surface area contributed by atoms with Gasteiger partial charge in [0.1, 0.15) is 67.1 Å². The zero-order valence-electron chi connectivity index (χ0n) is 19.5. The van der Waals surface area contributed by atoms with Crippen LogP contribution in [0.25, 0.3) is 0 Å². The molecule has 36 heavy (non-hydrogen) atoms. The smallest absolute Gasteiger partial charge is 0.217 e. The number of aliphatic hydroxyl groups excluding tert-OH is 9. The fourth-order valence-electron chi connectivity index (χ4n) is 4.38. The van der Waals surface area contributed by atoms with E-state index in [1.54, 1.807) is 0 Å². The predicted octanol–water partition coefficient (Wildman–Crippen LogP) is -6.40. The van der Waals surface area contributed by atoms with Crippen LogP contribution in [0.3, 0.4) is 0 Å². The van der Waals surface area contributed by atoms with Gasteiger partial charge >= 0.3 is 0 Å². The number of aliphatic hydroxyl groups is 9. The van der Waals surface area contributed by atoms with Crippen LogP contribution in [0.15, 0.2) is 0 Å². The summed E-state index contributed by atoms with van der Waals surface area (Å²) in [6.07, 6.45) is -22.1. The molecule has 3 rings (SSSR count). The van der Waals surface area contributed by atoms with Crippen LogP contribution in [0.4, 0.5) is 0 Å². The minimum Gasteiger partial charge on any atom is -0.394 e. The van der Waals surface area contributed by atoms with Gasteiger partial charge in [-0.3, -0.25) is 4.79 Å². The monoisotopic (exact) mass is 529 g/mol. The third-order valence-corrected chi connectivity index (χ3v) is 6.46. The third kappa shape index (κ3) is 5.97. The van der Waals surface area contributed by atoms with Crippen LogP contribution < -0.4 is 5.32 Å². The number of hydrogen-bond acceptors (Lipinski definition) is 15. The van der Waals surface area contributed by atoms with E-state index in [0.29, 0.717) is 0 Å². The van der Waals surface area contributed by atoms with Crippen LogP contribution in [0, 0.1) is 0 Å². The molecule has 3 aliphatic heterocycles. The standard InChI is InChI=1S/C20H35NO15/c1-5-10(25)14(29)15(30)20(32-5)36-17-16(12(27)8(4-23)33-18(17)31)35-19-9(21-6(2)24)13(28)11(26)7(3-22)34-19/h5,7-20,22-23,25-31H,3-4H2,1-2H3,(H,21,24)/t5-,7+,8+,9+,10+,11-,12-,13+,14+,15-,16-,17+,18-,19+,20-/m0/s1. The molecule has 15 atom stereocenters. The van der Waals surface area contributed by atoms with Crippen molar-refractivity contribution in [2.45, 2.75) is 106 Å². The number of nitrogens with one attached hydrogen (secondary N) is 1. The highest BCUT2D eigenvalue weighted by Gasteiger charge is 2.53. The van der Waals surface area contributed by atoms with Crippen molar-refractivity contribution in [3.63, 3.8) is 0 Å². The lowest BCUT2D eigenvalue weighted by Gasteiger charge is -2.48. The van der Waals surface area contributed by atoms with E-state index >= 15 is 0 Å². The lowest BCUT2D eigenvalue weighted by Crippen LogP contribution is -2.68. The molecule has 3 heterocycles. The van der Waals surface area contributed by atoms with Crippen LogP contribution in [0.2, 0.25) is 0 Å². The van der Waals surface area contributed by atoms with E-state index in [4.69, 9.17) is 23.7 Å². The molecular formula is C20H35NO15. The second-order valence-electron chi connectivity index (χ2n) is 9.05. The quantitative estimate of drug-likeness (QED) is 0.147. The molecule has 0 aromatic heterocycles. The Hall–Kier alpha value is -1.09. The summed E-state index contributed by atoms with van der Waals surface area (Å²) in [5, 5.41) is 93.7. The van der Waals surface area contributed by atoms with Crippen molar-refractivity contribution in [3.05, 3.63) is 0 Å². The normalized spacial score (nSPS) is 50.0. The molecule has 16 nitrogen and oxygen atoms in total. The minimum atomic E-state index is -1.89. The first-order valence-electron chi connectivity index (χ1n) is 11.4. The van der Waals surface area contributed by atoms with Gasteiger partial charge < -0.3 is 75.0 Å². The predicted molar refractivity (Wildman–Crippen MR) is 111 cm³/mol. The highest BCUT2D eigenvalue weighted by atomic mass is 16.8. The van der Waals surface area contributed by atoms with Crippen molar-refractivity contribution in [1.82, 2.24) is 5.32 Å². The second-order valence-corrected chi connectivity index (χ2v) is 9.05. The van der Waals surface area contributed by atoms with E-state index in [2.05, 4.69) is 5.32 Å². The molecule has 10 N–H and O–H groups in total. The molecule has 0 radical (unpaired) electrons. The largest absolute Gasteiger partial charge is 0.394 e. The van der Waals surface area contributed by atoms with Gasteiger partial charge in [0.15, 0.2) is 18.9 Å². The van der Waals surface area contributed by atoms with Crippen LogP contribution in [-0.4, -0.2) is 157 Å². The zero-order valence-corrected chi connectivity index (χ0v) is 19.5. The Morgan fingerprint density at radius 1 is 0.722 bits per heavy atom. The number of carbonyl (C=O) groups is 1. The second kappa shape index (κ2) is 12.2. The maximum atomic E-state index is 11.7. The molecule has 0 aliphatic carbocycles. The summed E-state index contributed by atoms with van der Waals surface area (Å²) >= 11 is 0. The van der Waals surface area contributed by atoms with Crippen LogP contribution in [0.1, 0.15) is 13.8 Å². The Balaban J connectivity index is 1.88. The summed E-state index contributed by atoms with van der Waals surface area (Å²) in [7, 11) is 0. The van der Waals surface area contributed by atoms with E-state index < -0.39 is 111 Å². The van der Waals surface area contributed by atoms with Gasteiger partial charge in [-0.2, -0.15) is 0 Å². The summed E-state index contributed by atoms with van der Waals surface area (Å²) in [6.45, 7) is 1.00. The fourth-order valence-corrected chi connectivity index (χ4v) is 4.38. The summed E-state index contributed by atoms with van der Waals surface area (Å²) in [5.41, 5.74) is 0. The van der Waals surface area contributed by atoms with Gasteiger partial charge in [-0.05, 0) is 6.92 Å². The van der Waals surface area contributed by atoms with Crippen molar-refractivity contribution in [2.75, 3.05) is 13.2 Å². The van der Waals surface area contributed by atoms with Crippen LogP contribution in [0.5, 0.6) is 0 Å². The van der Waals surface area contributed by atoms with Gasteiger partial charge in [0.2, 0.25) is 5.91 Å². The molecule has 0 unspecified atom stereocenters. The van der Waals surface area contributed by atoms with Crippen molar-refractivity contribution in [1.29, 1.82) is 0 Å². The Bertz CT molecular complexity index is 731. The maximum Gasteiger partial charge on any atom is 0.217 e. The Labute approximate surface area is 205 Å². The van der Waals surface area contributed by atoms with Gasteiger partial charge in [0.05, 0.1) is 19.3 Å². The Morgan fingerprint density at radius 3 is 1.89 bits per heavy atom. The highest BCUT2D eigenvalue weighted by Crippen LogP contribution is 2.32. The lowest BCUT2D eigenvalue weighted by molar-refractivity contribution is -0.380. The number of carbonyl (C=O) groups excluding carboxylic acids is 1. The van der Waals surface area contributed by atoms with Crippen LogP contribution >= 0.6 is 0 Å². The first-order valence-corrected chi connectivity index (χ1v) is 11.4. The molecule has 0 saturated carbocycles. The first-order chi connectivity index (χ1) is 16.9. The Morgan fingerprint density at radius 2 is 1.31 bits per heavy atom. The topological polar surface area (TPSA) is 257 Å². The summed E-state index contributed by atoms with van der Waals surface area (Å²) in [5.74, 6) is -0.639. The van der Waals surface area contributed by atoms with Crippen molar-refractivity contribution < 1.29 is 74.4 Å². The molecule has 3 fully saturated rings. The number of rotatable bonds is 7. The van der Waals surface area contributed by atoms with Crippen molar-refractivity contribution in [3.8, 4) is 0 Å². The van der Waals surface area contributed by atoms with E-state index in [0.717, 1.165) is 6.92 Å². The molecule has 210 valence electrons. The summed E-state index contributed by atoms with van der Waals surface area (Å²) < 4.78 is 27.4. The molecule has 0 aromatic carbocycles. The van der Waals surface area contributed by atoms with E-state index in [-0.39, 0.29) is 0 Å². The summed E-state index contributed by atoms with van der Waals surface area (Å²) in [6, 6.07) is -1.41. The molecule has 3 saturated heterocycles.